The third-order valence-corrected chi connectivity index (χ3v) is 5.93. The SMILES string of the molecule is CC1OCCC1C(=O)C1CCOC2(CCSC2)C1. The normalized spacial score (nSPS) is 44.6. The van der Waals surface area contributed by atoms with Crippen molar-refractivity contribution in [3.05, 3.63) is 0 Å². The van der Waals surface area contributed by atoms with Gasteiger partial charge in [0, 0.05) is 30.8 Å². The van der Waals surface area contributed by atoms with Crippen LogP contribution in [0.25, 0.3) is 0 Å². The predicted molar refractivity (Wildman–Crippen MR) is 71.9 cm³/mol. The highest BCUT2D eigenvalue weighted by atomic mass is 32.2. The number of carbonyl (C=O) groups is 1. The molecule has 4 atom stereocenters. The molecule has 0 bridgehead atoms. The lowest BCUT2D eigenvalue weighted by Gasteiger charge is -2.38. The fourth-order valence-electron chi connectivity index (χ4n) is 3.54. The molecule has 3 heterocycles. The Labute approximate surface area is 113 Å². The summed E-state index contributed by atoms with van der Waals surface area (Å²) in [5, 5.41) is 0. The van der Waals surface area contributed by atoms with Crippen molar-refractivity contribution in [1.82, 2.24) is 0 Å². The van der Waals surface area contributed by atoms with E-state index in [4.69, 9.17) is 9.47 Å². The van der Waals surface area contributed by atoms with Crippen molar-refractivity contribution in [2.75, 3.05) is 24.7 Å². The summed E-state index contributed by atoms with van der Waals surface area (Å²) in [6, 6.07) is 0. The lowest BCUT2D eigenvalue weighted by Crippen LogP contribution is -2.43. The van der Waals surface area contributed by atoms with Crippen LogP contribution in [0.1, 0.15) is 32.6 Å². The van der Waals surface area contributed by atoms with Crippen molar-refractivity contribution in [3.63, 3.8) is 0 Å². The predicted octanol–water partition coefficient (Wildman–Crippen LogP) is 2.28. The zero-order valence-corrected chi connectivity index (χ0v) is 11.8. The number of hydrogen-bond acceptors (Lipinski definition) is 4. The summed E-state index contributed by atoms with van der Waals surface area (Å²) in [4.78, 5) is 12.6. The molecule has 0 aliphatic carbocycles. The van der Waals surface area contributed by atoms with Crippen molar-refractivity contribution in [3.8, 4) is 0 Å². The van der Waals surface area contributed by atoms with Crippen molar-refractivity contribution in [1.29, 1.82) is 0 Å². The van der Waals surface area contributed by atoms with Gasteiger partial charge in [-0.15, -0.1) is 0 Å². The first-order chi connectivity index (χ1) is 8.70. The highest BCUT2D eigenvalue weighted by molar-refractivity contribution is 7.99. The Bertz CT molecular complexity index is 325. The lowest BCUT2D eigenvalue weighted by molar-refractivity contribution is -0.139. The van der Waals surface area contributed by atoms with Crippen LogP contribution in [0, 0.1) is 11.8 Å². The van der Waals surface area contributed by atoms with E-state index in [2.05, 4.69) is 0 Å². The first kappa shape index (κ1) is 12.9. The summed E-state index contributed by atoms with van der Waals surface area (Å²) in [6.45, 7) is 3.55. The van der Waals surface area contributed by atoms with E-state index >= 15 is 0 Å². The molecule has 4 heteroatoms. The van der Waals surface area contributed by atoms with E-state index in [0.29, 0.717) is 5.78 Å². The van der Waals surface area contributed by atoms with Gasteiger partial charge in [0.1, 0.15) is 5.78 Å². The Morgan fingerprint density at radius 1 is 1.33 bits per heavy atom. The molecule has 3 nitrogen and oxygen atoms in total. The maximum absolute atomic E-state index is 12.6. The molecule has 0 amide bonds. The Morgan fingerprint density at radius 3 is 2.89 bits per heavy atom. The van der Waals surface area contributed by atoms with Gasteiger partial charge in [-0.3, -0.25) is 4.79 Å². The minimum atomic E-state index is 0.0198. The maximum Gasteiger partial charge on any atom is 0.141 e. The minimum absolute atomic E-state index is 0.0198. The van der Waals surface area contributed by atoms with Gasteiger partial charge in [0.25, 0.3) is 0 Å². The van der Waals surface area contributed by atoms with Gasteiger partial charge < -0.3 is 9.47 Å². The summed E-state index contributed by atoms with van der Waals surface area (Å²) in [7, 11) is 0. The Balaban J connectivity index is 1.66. The molecule has 1 spiro atoms. The second-order valence-corrected chi connectivity index (χ2v) is 7.00. The maximum atomic E-state index is 12.6. The number of ketones is 1. The Morgan fingerprint density at radius 2 is 2.22 bits per heavy atom. The molecule has 18 heavy (non-hydrogen) atoms. The number of carbonyl (C=O) groups excluding carboxylic acids is 1. The second-order valence-electron chi connectivity index (χ2n) is 5.90. The average molecular weight is 270 g/mol. The van der Waals surface area contributed by atoms with Crippen LogP contribution < -0.4 is 0 Å². The fourth-order valence-corrected chi connectivity index (χ4v) is 4.92. The van der Waals surface area contributed by atoms with Gasteiger partial charge in [-0.2, -0.15) is 11.8 Å². The molecule has 3 fully saturated rings. The van der Waals surface area contributed by atoms with Crippen molar-refractivity contribution in [2.24, 2.45) is 11.8 Å². The number of rotatable bonds is 2. The third-order valence-electron chi connectivity index (χ3n) is 4.70. The molecule has 0 N–H and O–H groups in total. The van der Waals surface area contributed by atoms with Crippen molar-refractivity contribution in [2.45, 2.75) is 44.3 Å². The molecular formula is C14H22O3S. The first-order valence-electron chi connectivity index (χ1n) is 7.07. The van der Waals surface area contributed by atoms with E-state index < -0.39 is 0 Å². The topological polar surface area (TPSA) is 35.5 Å². The summed E-state index contributed by atoms with van der Waals surface area (Å²) in [6.07, 6.45) is 4.02. The van der Waals surface area contributed by atoms with Crippen LogP contribution in [0.4, 0.5) is 0 Å². The number of Topliss-reactive ketones (excluding diaryl/α,β-unsaturated/α-hetero) is 1. The fraction of sp³-hybridized carbons (Fsp3) is 0.929. The summed E-state index contributed by atoms with van der Waals surface area (Å²) in [5.74, 6) is 3.06. The first-order valence-corrected chi connectivity index (χ1v) is 8.23. The standard InChI is InChI=1S/C14H22O3S/c1-10-12(3-5-16-10)13(15)11-2-6-17-14(8-11)4-7-18-9-14/h10-12H,2-9H2,1H3. The quantitative estimate of drug-likeness (QED) is 0.771. The van der Waals surface area contributed by atoms with Crippen molar-refractivity contribution < 1.29 is 14.3 Å². The average Bonchev–Trinajstić information content (AvgIpc) is 2.98. The van der Waals surface area contributed by atoms with E-state index in [1.165, 1.54) is 5.75 Å². The Kier molecular flexibility index (Phi) is 3.70. The van der Waals surface area contributed by atoms with E-state index in [0.717, 1.165) is 44.6 Å². The van der Waals surface area contributed by atoms with Gasteiger partial charge >= 0.3 is 0 Å². The van der Waals surface area contributed by atoms with E-state index in [9.17, 15) is 4.79 Å². The molecule has 3 aliphatic heterocycles. The minimum Gasteiger partial charge on any atom is -0.378 e. The molecule has 4 unspecified atom stereocenters. The largest absolute Gasteiger partial charge is 0.378 e. The molecule has 0 aromatic rings. The van der Waals surface area contributed by atoms with Crippen LogP contribution in [0.5, 0.6) is 0 Å². The molecule has 0 saturated carbocycles. The van der Waals surface area contributed by atoms with Gasteiger partial charge in [-0.1, -0.05) is 0 Å². The highest BCUT2D eigenvalue weighted by Crippen LogP contribution is 2.42. The van der Waals surface area contributed by atoms with Gasteiger partial charge in [0.05, 0.1) is 11.7 Å². The zero-order chi connectivity index (χ0) is 12.6. The summed E-state index contributed by atoms with van der Waals surface area (Å²) < 4.78 is 11.5. The molecule has 3 aliphatic rings. The van der Waals surface area contributed by atoms with Crippen LogP contribution in [0.2, 0.25) is 0 Å². The lowest BCUT2D eigenvalue weighted by atomic mass is 9.78. The number of ether oxygens (including phenoxy) is 2. The van der Waals surface area contributed by atoms with Crippen LogP contribution in [0.15, 0.2) is 0 Å². The van der Waals surface area contributed by atoms with Crippen molar-refractivity contribution >= 4 is 17.5 Å². The molecule has 0 radical (unpaired) electrons. The van der Waals surface area contributed by atoms with Crippen LogP contribution in [-0.2, 0) is 14.3 Å². The third kappa shape index (κ3) is 2.35. The van der Waals surface area contributed by atoms with Gasteiger partial charge in [-0.25, -0.2) is 0 Å². The summed E-state index contributed by atoms with van der Waals surface area (Å²) >= 11 is 1.97. The van der Waals surface area contributed by atoms with Gasteiger partial charge in [-0.05, 0) is 38.4 Å². The molecule has 3 saturated heterocycles. The Hall–Kier alpha value is -0.0600. The molecule has 3 rings (SSSR count). The van der Waals surface area contributed by atoms with E-state index in [1.54, 1.807) is 0 Å². The molecule has 0 aromatic carbocycles. The molecule has 102 valence electrons. The monoisotopic (exact) mass is 270 g/mol. The van der Waals surface area contributed by atoms with E-state index in [1.807, 2.05) is 18.7 Å². The second kappa shape index (κ2) is 5.14. The zero-order valence-electron chi connectivity index (χ0n) is 11.0. The summed E-state index contributed by atoms with van der Waals surface area (Å²) in [5.41, 5.74) is 0.0198. The smallest absolute Gasteiger partial charge is 0.141 e. The van der Waals surface area contributed by atoms with Gasteiger partial charge in [0.2, 0.25) is 0 Å². The van der Waals surface area contributed by atoms with E-state index in [-0.39, 0.29) is 23.5 Å². The van der Waals surface area contributed by atoms with Crippen LogP contribution >= 0.6 is 11.8 Å². The molecular weight excluding hydrogens is 248 g/mol. The highest BCUT2D eigenvalue weighted by Gasteiger charge is 2.44. The molecule has 0 aromatic heterocycles. The number of thioether (sulfide) groups is 1. The van der Waals surface area contributed by atoms with Crippen LogP contribution in [0.3, 0.4) is 0 Å². The van der Waals surface area contributed by atoms with Gasteiger partial charge in [0.15, 0.2) is 0 Å². The number of hydrogen-bond donors (Lipinski definition) is 0. The van der Waals surface area contributed by atoms with Crippen LogP contribution in [-0.4, -0.2) is 42.2 Å².